The molecule has 1 atom stereocenters. The molecule has 0 saturated carbocycles. The highest BCUT2D eigenvalue weighted by Gasteiger charge is 2.38. The molecule has 0 radical (unpaired) electrons. The molecule has 1 saturated heterocycles. The van der Waals surface area contributed by atoms with Gasteiger partial charge in [-0.1, -0.05) is 76.2 Å². The highest BCUT2D eigenvalue weighted by Crippen LogP contribution is 2.24. The Morgan fingerprint density at radius 2 is 1.39 bits per heavy atom. The monoisotopic (exact) mass is 662 g/mol. The molecule has 0 unspecified atom stereocenters. The molecule has 1 fully saturated rings. The van der Waals surface area contributed by atoms with Crippen molar-refractivity contribution in [1.82, 2.24) is 20.2 Å². The van der Waals surface area contributed by atoms with E-state index in [0.717, 1.165) is 52.8 Å². The summed E-state index contributed by atoms with van der Waals surface area (Å²) in [5.41, 5.74) is 5.17. The number of carboxylic acid groups (broad SMARTS) is 1. The Labute approximate surface area is 288 Å². The number of aromatic nitrogens is 2. The van der Waals surface area contributed by atoms with E-state index in [1.54, 1.807) is 24.5 Å². The van der Waals surface area contributed by atoms with Gasteiger partial charge in [0.05, 0.1) is 12.5 Å². The summed E-state index contributed by atoms with van der Waals surface area (Å²) in [6, 6.07) is 22.1. The fourth-order valence-corrected chi connectivity index (χ4v) is 5.82. The topological polar surface area (TPSA) is 122 Å². The van der Waals surface area contributed by atoms with Gasteiger partial charge in [-0.2, -0.15) is 0 Å². The van der Waals surface area contributed by atoms with Gasteiger partial charge in [0.15, 0.2) is 5.82 Å². The zero-order chi connectivity index (χ0) is 34.9. The summed E-state index contributed by atoms with van der Waals surface area (Å²) in [4.78, 5) is 48.7. The number of nitrogens with zero attached hydrogens (tertiary/aromatic N) is 3. The fraction of sp³-hybridized carbons (Fsp3) is 0.375. The molecule has 2 N–H and O–H groups in total. The third-order valence-electron chi connectivity index (χ3n) is 8.69. The minimum absolute atomic E-state index is 0.132. The van der Waals surface area contributed by atoms with E-state index in [9.17, 15) is 19.5 Å². The molecule has 2 heterocycles. The van der Waals surface area contributed by atoms with Crippen LogP contribution in [-0.4, -0.2) is 63.5 Å². The number of carbonyl (C=O) groups is 3. The van der Waals surface area contributed by atoms with Crippen LogP contribution in [0.4, 0.5) is 0 Å². The largest absolute Gasteiger partial charge is 0.494 e. The van der Waals surface area contributed by atoms with Gasteiger partial charge < -0.3 is 20.1 Å². The van der Waals surface area contributed by atoms with Crippen LogP contribution in [0.1, 0.15) is 62.0 Å². The molecule has 9 nitrogen and oxygen atoms in total. The number of nitrogens with one attached hydrogen (secondary N) is 1. The lowest BCUT2D eigenvalue weighted by Crippen LogP contribution is -2.59. The Balaban J connectivity index is 1.23. The van der Waals surface area contributed by atoms with Gasteiger partial charge in [-0.3, -0.25) is 14.4 Å². The SMILES string of the molecule is CC(C)CCCOc1ccc(-c2cnc(-c3ccc(C[C@H](NC(=O)c4ccc(CC(C)C)cc4)C(=O)N4CC(C(=O)O)C4)cc3)nc2)cc1. The normalized spacial score (nSPS) is 13.6. The van der Waals surface area contributed by atoms with Crippen LogP contribution in [0, 0.1) is 17.8 Å². The zero-order valence-corrected chi connectivity index (χ0v) is 28.8. The van der Waals surface area contributed by atoms with Crippen LogP contribution in [0.2, 0.25) is 0 Å². The minimum atomic E-state index is -0.924. The Morgan fingerprint density at radius 3 is 1.98 bits per heavy atom. The fourth-order valence-electron chi connectivity index (χ4n) is 5.82. The lowest BCUT2D eigenvalue weighted by atomic mass is 9.96. The standard InChI is InChI=1S/C40H46N4O5/c1-26(2)6-5-19-49-35-17-15-30(16-18-35)33-22-41-37(42-23-33)31-11-7-29(8-12-31)21-36(39(46)44-24-34(25-44)40(47)48)43-38(45)32-13-9-28(10-14-32)20-27(3)4/h7-18,22-23,26-27,34,36H,5-6,19-21,24-25H2,1-4H3,(H,43,45)(H,47,48)/t36-/m0/s1. The van der Waals surface area contributed by atoms with Gasteiger partial charge in [0.2, 0.25) is 5.91 Å². The minimum Gasteiger partial charge on any atom is -0.494 e. The van der Waals surface area contributed by atoms with E-state index in [4.69, 9.17) is 4.74 Å². The van der Waals surface area contributed by atoms with Crippen molar-refractivity contribution in [2.45, 2.75) is 59.4 Å². The van der Waals surface area contributed by atoms with Gasteiger partial charge in [0.1, 0.15) is 11.8 Å². The Hall–Kier alpha value is -5.05. The quantitative estimate of drug-likeness (QED) is 0.136. The summed E-state index contributed by atoms with van der Waals surface area (Å²) in [7, 11) is 0. The summed E-state index contributed by atoms with van der Waals surface area (Å²) < 4.78 is 5.86. The number of carbonyl (C=O) groups excluding carboxylic acids is 2. The average molecular weight is 663 g/mol. The second kappa shape index (κ2) is 16.4. The van der Waals surface area contributed by atoms with Gasteiger partial charge in [-0.15, -0.1) is 0 Å². The Morgan fingerprint density at radius 1 is 0.796 bits per heavy atom. The van der Waals surface area contributed by atoms with Crippen molar-refractivity contribution < 1.29 is 24.2 Å². The number of amides is 2. The second-order valence-electron chi connectivity index (χ2n) is 13.7. The molecule has 3 aromatic carbocycles. The third kappa shape index (κ3) is 9.75. The lowest BCUT2D eigenvalue weighted by Gasteiger charge is -2.39. The van der Waals surface area contributed by atoms with Crippen molar-refractivity contribution in [2.75, 3.05) is 19.7 Å². The van der Waals surface area contributed by atoms with E-state index in [0.29, 0.717) is 29.8 Å². The van der Waals surface area contributed by atoms with E-state index in [-0.39, 0.29) is 31.3 Å². The van der Waals surface area contributed by atoms with Crippen molar-refractivity contribution in [3.8, 4) is 28.3 Å². The molecule has 5 rings (SSSR count). The average Bonchev–Trinajstić information content (AvgIpc) is 3.06. The van der Waals surface area contributed by atoms with Crippen LogP contribution in [0.25, 0.3) is 22.5 Å². The molecule has 256 valence electrons. The number of hydrogen-bond donors (Lipinski definition) is 2. The maximum atomic E-state index is 13.5. The highest BCUT2D eigenvalue weighted by atomic mass is 16.5. The number of ether oxygens (including phenoxy) is 1. The van der Waals surface area contributed by atoms with Crippen molar-refractivity contribution in [3.63, 3.8) is 0 Å². The molecule has 1 aliphatic rings. The molecule has 1 aliphatic heterocycles. The zero-order valence-electron chi connectivity index (χ0n) is 28.8. The van der Waals surface area contributed by atoms with E-state index in [1.807, 2.05) is 60.7 Å². The molecule has 1 aromatic heterocycles. The predicted octanol–water partition coefficient (Wildman–Crippen LogP) is 6.71. The molecular formula is C40H46N4O5. The van der Waals surface area contributed by atoms with Gasteiger partial charge in [-0.05, 0) is 72.1 Å². The second-order valence-corrected chi connectivity index (χ2v) is 13.7. The summed E-state index contributed by atoms with van der Waals surface area (Å²) in [5.74, 6) is 0.434. The lowest BCUT2D eigenvalue weighted by molar-refractivity contribution is -0.153. The molecular weight excluding hydrogens is 616 g/mol. The predicted molar refractivity (Wildman–Crippen MR) is 190 cm³/mol. The molecule has 4 aromatic rings. The molecule has 49 heavy (non-hydrogen) atoms. The maximum Gasteiger partial charge on any atom is 0.310 e. The first-order valence-electron chi connectivity index (χ1n) is 17.1. The molecule has 0 bridgehead atoms. The van der Waals surface area contributed by atoms with Gasteiger partial charge in [0, 0.05) is 48.6 Å². The maximum absolute atomic E-state index is 13.5. The van der Waals surface area contributed by atoms with Crippen molar-refractivity contribution in [2.24, 2.45) is 17.8 Å². The molecule has 9 heteroatoms. The summed E-state index contributed by atoms with van der Waals surface area (Å²) in [5, 5.41) is 12.2. The van der Waals surface area contributed by atoms with Crippen molar-refractivity contribution in [3.05, 3.63) is 102 Å². The van der Waals surface area contributed by atoms with Crippen LogP contribution in [0.15, 0.2) is 85.2 Å². The third-order valence-corrected chi connectivity index (χ3v) is 8.69. The highest BCUT2D eigenvalue weighted by molar-refractivity contribution is 5.98. The van der Waals surface area contributed by atoms with Crippen LogP contribution in [0.3, 0.4) is 0 Å². The van der Waals surface area contributed by atoms with E-state index in [1.165, 1.54) is 4.90 Å². The van der Waals surface area contributed by atoms with Crippen LogP contribution in [-0.2, 0) is 22.4 Å². The van der Waals surface area contributed by atoms with Crippen LogP contribution in [0.5, 0.6) is 5.75 Å². The number of rotatable bonds is 15. The summed E-state index contributed by atoms with van der Waals surface area (Å²) in [6.07, 6.45) is 6.94. The van der Waals surface area contributed by atoms with Gasteiger partial charge in [-0.25, -0.2) is 9.97 Å². The first-order chi connectivity index (χ1) is 23.5. The number of hydrogen-bond acceptors (Lipinski definition) is 6. The van der Waals surface area contributed by atoms with Gasteiger partial charge in [0.25, 0.3) is 5.91 Å². The molecule has 2 amide bonds. The van der Waals surface area contributed by atoms with Crippen molar-refractivity contribution >= 4 is 17.8 Å². The summed E-state index contributed by atoms with van der Waals surface area (Å²) in [6.45, 7) is 9.68. The molecule has 0 spiro atoms. The van der Waals surface area contributed by atoms with E-state index < -0.39 is 17.9 Å². The van der Waals surface area contributed by atoms with E-state index >= 15 is 0 Å². The Kier molecular flexibility index (Phi) is 11.8. The smallest absolute Gasteiger partial charge is 0.310 e. The van der Waals surface area contributed by atoms with Crippen molar-refractivity contribution in [1.29, 1.82) is 0 Å². The number of aliphatic carboxylic acids is 1. The van der Waals surface area contributed by atoms with Crippen LogP contribution >= 0.6 is 0 Å². The first-order valence-corrected chi connectivity index (χ1v) is 17.1. The van der Waals surface area contributed by atoms with E-state index in [2.05, 4.69) is 43.0 Å². The number of carboxylic acids is 1. The number of benzene rings is 3. The first kappa shape index (κ1) is 35.3. The Bertz CT molecular complexity index is 1700. The molecule has 0 aliphatic carbocycles. The number of likely N-dealkylation sites (tertiary alicyclic amines) is 1. The van der Waals surface area contributed by atoms with Crippen LogP contribution < -0.4 is 10.1 Å². The summed E-state index contributed by atoms with van der Waals surface area (Å²) >= 11 is 0. The van der Waals surface area contributed by atoms with Gasteiger partial charge >= 0.3 is 5.97 Å².